The molecule has 6 nitrogen and oxygen atoms in total. The lowest BCUT2D eigenvalue weighted by atomic mass is 10.3. The summed E-state index contributed by atoms with van der Waals surface area (Å²) in [6, 6.07) is 11.6. The number of benzene rings is 1. The molecule has 3 aromatic rings. The summed E-state index contributed by atoms with van der Waals surface area (Å²) in [5.41, 5.74) is 0.539. The summed E-state index contributed by atoms with van der Waals surface area (Å²) in [6.45, 7) is 0. The molecule has 1 aromatic carbocycles. The second kappa shape index (κ2) is 6.68. The zero-order valence-electron chi connectivity index (χ0n) is 11.6. The number of aromatic nitrogens is 2. The third-order valence-electron chi connectivity index (χ3n) is 2.87. The van der Waals surface area contributed by atoms with Gasteiger partial charge in [-0.3, -0.25) is 4.79 Å². The average Bonchev–Trinajstić information content (AvgIpc) is 3.07. The summed E-state index contributed by atoms with van der Waals surface area (Å²) >= 11 is 12.1. The fourth-order valence-electron chi connectivity index (χ4n) is 1.80. The molecule has 8 heteroatoms. The Morgan fingerprint density at radius 3 is 2.26 bits per heavy atom. The zero-order chi connectivity index (χ0) is 16.2. The van der Waals surface area contributed by atoms with Gasteiger partial charge in [0.2, 0.25) is 0 Å². The highest BCUT2D eigenvalue weighted by Crippen LogP contribution is 2.31. The van der Waals surface area contributed by atoms with Crippen molar-refractivity contribution in [2.75, 3.05) is 10.6 Å². The number of hydrogen-bond acceptors (Lipinski definition) is 5. The van der Waals surface area contributed by atoms with Crippen LogP contribution in [-0.2, 0) is 0 Å². The van der Waals surface area contributed by atoms with Crippen LogP contribution in [-0.4, -0.2) is 16.1 Å². The number of rotatable bonds is 4. The van der Waals surface area contributed by atoms with Crippen LogP contribution in [0.3, 0.4) is 0 Å². The predicted molar refractivity (Wildman–Crippen MR) is 88.4 cm³/mol. The summed E-state index contributed by atoms with van der Waals surface area (Å²) in [4.78, 5) is 11.8. The molecule has 23 heavy (non-hydrogen) atoms. The lowest BCUT2D eigenvalue weighted by molar-refractivity contribution is 0.0996. The van der Waals surface area contributed by atoms with Gasteiger partial charge in [0.25, 0.3) is 5.91 Å². The maximum absolute atomic E-state index is 11.8. The van der Waals surface area contributed by atoms with Crippen molar-refractivity contribution in [2.45, 2.75) is 0 Å². The molecule has 0 aliphatic carbocycles. The number of hydrogen-bond donors (Lipinski definition) is 2. The first-order valence-electron chi connectivity index (χ1n) is 6.53. The molecule has 0 aliphatic rings. The normalized spacial score (nSPS) is 10.3. The summed E-state index contributed by atoms with van der Waals surface area (Å²) in [7, 11) is 0. The summed E-state index contributed by atoms with van der Waals surface area (Å²) < 4.78 is 4.99. The molecule has 3 rings (SSSR count). The smallest absolute Gasteiger partial charge is 0.292 e. The van der Waals surface area contributed by atoms with Crippen LogP contribution in [0, 0.1) is 0 Å². The van der Waals surface area contributed by atoms with Crippen LogP contribution < -0.4 is 10.6 Å². The average molecular weight is 349 g/mol. The molecule has 0 atom stereocenters. The molecule has 116 valence electrons. The molecule has 2 heterocycles. The van der Waals surface area contributed by atoms with E-state index in [0.717, 1.165) is 0 Å². The third-order valence-corrected chi connectivity index (χ3v) is 3.50. The van der Waals surface area contributed by atoms with Crippen LogP contribution >= 0.6 is 23.2 Å². The van der Waals surface area contributed by atoms with Crippen molar-refractivity contribution < 1.29 is 9.21 Å². The first kappa shape index (κ1) is 15.3. The molecule has 0 fully saturated rings. The molecule has 0 aliphatic heterocycles. The van der Waals surface area contributed by atoms with E-state index < -0.39 is 5.91 Å². The quantitative estimate of drug-likeness (QED) is 0.731. The summed E-state index contributed by atoms with van der Waals surface area (Å²) in [5, 5.41) is 14.4. The molecule has 0 unspecified atom stereocenters. The SMILES string of the molecule is O=C(Nc1ccc(Nc2c(Cl)cccc2Cl)nn1)c1ccco1. The Labute approximate surface area is 141 Å². The van der Waals surface area contributed by atoms with E-state index in [2.05, 4.69) is 20.8 Å². The Balaban J connectivity index is 1.71. The van der Waals surface area contributed by atoms with Gasteiger partial charge >= 0.3 is 0 Å². The number of para-hydroxylation sites is 1. The Morgan fingerprint density at radius 1 is 0.957 bits per heavy atom. The fourth-order valence-corrected chi connectivity index (χ4v) is 2.29. The number of nitrogens with one attached hydrogen (secondary N) is 2. The van der Waals surface area contributed by atoms with Gasteiger partial charge < -0.3 is 15.1 Å². The monoisotopic (exact) mass is 348 g/mol. The van der Waals surface area contributed by atoms with Crippen LogP contribution in [0.5, 0.6) is 0 Å². The number of anilines is 3. The van der Waals surface area contributed by atoms with Crippen molar-refractivity contribution in [3.63, 3.8) is 0 Å². The van der Waals surface area contributed by atoms with Crippen LogP contribution in [0.2, 0.25) is 10.0 Å². The van der Waals surface area contributed by atoms with Gasteiger partial charge in [-0.15, -0.1) is 10.2 Å². The van der Waals surface area contributed by atoms with Crippen molar-refractivity contribution in [1.29, 1.82) is 0 Å². The standard InChI is InChI=1S/C15H10Cl2N4O2/c16-9-3-1-4-10(17)14(9)18-12-6-7-13(21-20-12)19-15(22)11-5-2-8-23-11/h1-8H,(H,18,20)(H,19,21,22). The van der Waals surface area contributed by atoms with E-state index in [0.29, 0.717) is 27.4 Å². The van der Waals surface area contributed by atoms with Crippen LogP contribution in [0.1, 0.15) is 10.6 Å². The predicted octanol–water partition coefficient (Wildman–Crippen LogP) is 4.37. The Hall–Kier alpha value is -2.57. The first-order valence-corrected chi connectivity index (χ1v) is 7.29. The second-order valence-electron chi connectivity index (χ2n) is 4.46. The topological polar surface area (TPSA) is 80.0 Å². The third kappa shape index (κ3) is 3.61. The zero-order valence-corrected chi connectivity index (χ0v) is 13.1. The fraction of sp³-hybridized carbons (Fsp3) is 0. The Bertz CT molecular complexity index is 800. The molecule has 0 saturated heterocycles. The van der Waals surface area contributed by atoms with Gasteiger partial charge in [-0.2, -0.15) is 0 Å². The molecular weight excluding hydrogens is 339 g/mol. The van der Waals surface area contributed by atoms with Gasteiger partial charge in [0.05, 0.1) is 22.0 Å². The molecule has 1 amide bonds. The van der Waals surface area contributed by atoms with Gasteiger partial charge in [-0.05, 0) is 36.4 Å². The minimum absolute atomic E-state index is 0.192. The first-order chi connectivity index (χ1) is 11.1. The van der Waals surface area contributed by atoms with Crippen molar-refractivity contribution >= 4 is 46.4 Å². The molecule has 0 spiro atoms. The molecule has 2 N–H and O–H groups in total. The van der Waals surface area contributed by atoms with E-state index in [4.69, 9.17) is 27.6 Å². The maximum atomic E-state index is 11.8. The van der Waals surface area contributed by atoms with Crippen LogP contribution in [0.4, 0.5) is 17.3 Å². The summed E-state index contributed by atoms with van der Waals surface area (Å²) in [6.07, 6.45) is 1.42. The van der Waals surface area contributed by atoms with Gasteiger partial charge in [0.1, 0.15) is 0 Å². The highest BCUT2D eigenvalue weighted by atomic mass is 35.5. The molecular formula is C15H10Cl2N4O2. The lowest BCUT2D eigenvalue weighted by Crippen LogP contribution is -2.12. The Kier molecular flexibility index (Phi) is 4.45. The Morgan fingerprint density at radius 2 is 1.65 bits per heavy atom. The maximum Gasteiger partial charge on any atom is 0.292 e. The van der Waals surface area contributed by atoms with Gasteiger partial charge in [0, 0.05) is 0 Å². The van der Waals surface area contributed by atoms with Crippen molar-refractivity contribution in [2.24, 2.45) is 0 Å². The molecule has 0 saturated carbocycles. The minimum atomic E-state index is -0.404. The van der Waals surface area contributed by atoms with E-state index in [1.54, 1.807) is 42.5 Å². The van der Waals surface area contributed by atoms with E-state index in [-0.39, 0.29) is 5.76 Å². The lowest BCUT2D eigenvalue weighted by Gasteiger charge is -2.09. The van der Waals surface area contributed by atoms with Gasteiger partial charge in [-0.25, -0.2) is 0 Å². The van der Waals surface area contributed by atoms with Gasteiger partial charge in [0.15, 0.2) is 17.4 Å². The highest BCUT2D eigenvalue weighted by molar-refractivity contribution is 6.39. The van der Waals surface area contributed by atoms with Crippen molar-refractivity contribution in [1.82, 2.24) is 10.2 Å². The van der Waals surface area contributed by atoms with E-state index in [1.807, 2.05) is 0 Å². The van der Waals surface area contributed by atoms with Crippen molar-refractivity contribution in [3.8, 4) is 0 Å². The number of carbonyl (C=O) groups is 1. The second-order valence-corrected chi connectivity index (χ2v) is 5.27. The highest BCUT2D eigenvalue weighted by Gasteiger charge is 2.10. The number of carbonyl (C=O) groups excluding carboxylic acids is 1. The summed E-state index contributed by atoms with van der Waals surface area (Å²) in [5.74, 6) is 0.522. The minimum Gasteiger partial charge on any atom is -0.459 e. The van der Waals surface area contributed by atoms with E-state index in [1.165, 1.54) is 6.26 Å². The molecule has 0 radical (unpaired) electrons. The number of nitrogens with zero attached hydrogens (tertiary/aromatic N) is 2. The van der Waals surface area contributed by atoms with Gasteiger partial charge in [-0.1, -0.05) is 29.3 Å². The number of halogens is 2. The molecule has 0 bridgehead atoms. The number of amides is 1. The van der Waals surface area contributed by atoms with E-state index in [9.17, 15) is 4.79 Å². The molecule has 2 aromatic heterocycles. The largest absolute Gasteiger partial charge is 0.459 e. The van der Waals surface area contributed by atoms with Crippen LogP contribution in [0.25, 0.3) is 0 Å². The van der Waals surface area contributed by atoms with Crippen LogP contribution in [0.15, 0.2) is 53.1 Å². The number of furan rings is 1. The van der Waals surface area contributed by atoms with E-state index >= 15 is 0 Å². The van der Waals surface area contributed by atoms with Crippen molar-refractivity contribution in [3.05, 3.63) is 64.5 Å².